The van der Waals surface area contributed by atoms with Crippen molar-refractivity contribution < 1.29 is 18.7 Å². The number of nitrogens with two attached hydrogens (primary N) is 1. The summed E-state index contributed by atoms with van der Waals surface area (Å²) < 4.78 is 19.0. The van der Waals surface area contributed by atoms with E-state index in [4.69, 9.17) is 22.1 Å². The Balaban J connectivity index is 1.56. The molecule has 0 radical (unpaired) electrons. The zero-order valence-corrected chi connectivity index (χ0v) is 19.4. The lowest BCUT2D eigenvalue weighted by Gasteiger charge is -2.28. The van der Waals surface area contributed by atoms with E-state index in [-0.39, 0.29) is 18.2 Å². The van der Waals surface area contributed by atoms with E-state index in [0.29, 0.717) is 36.3 Å². The number of carbonyl (C=O) groups is 2. The number of benzene rings is 1. The van der Waals surface area contributed by atoms with Crippen molar-refractivity contribution in [2.75, 3.05) is 25.5 Å². The standard InChI is InChI=1S/C23H26ClFN6O3/c1-31(22(32)29-12-16-5-2-8-18(25)21(16)24)17(7-3-9-26)14-34-23(33)30-20-11-15-6-4-10-27-19(15)13-28-20/h2,4-6,8,10-11,13,17H,3,7,9,12,14,26H2,1H3,(H,29,32)(H,28,30,33)/t17-/m0/s1. The number of halogens is 2. The van der Waals surface area contributed by atoms with Gasteiger partial charge in [0.25, 0.3) is 0 Å². The molecule has 11 heteroatoms. The second kappa shape index (κ2) is 12.1. The molecule has 3 aromatic rings. The molecule has 2 aromatic heterocycles. The average molecular weight is 489 g/mol. The molecule has 0 fully saturated rings. The third-order valence-electron chi connectivity index (χ3n) is 5.20. The molecule has 0 aliphatic heterocycles. The van der Waals surface area contributed by atoms with Crippen molar-refractivity contribution in [2.45, 2.75) is 25.4 Å². The fourth-order valence-corrected chi connectivity index (χ4v) is 3.44. The summed E-state index contributed by atoms with van der Waals surface area (Å²) in [6, 6.07) is 8.87. The van der Waals surface area contributed by atoms with E-state index in [1.54, 1.807) is 37.6 Å². The van der Waals surface area contributed by atoms with Crippen LogP contribution in [0.5, 0.6) is 0 Å². The van der Waals surface area contributed by atoms with Crippen LogP contribution in [0.3, 0.4) is 0 Å². The lowest BCUT2D eigenvalue weighted by molar-refractivity contribution is 0.113. The topological polar surface area (TPSA) is 122 Å². The van der Waals surface area contributed by atoms with Crippen LogP contribution in [0.25, 0.3) is 10.9 Å². The molecule has 3 amide bonds. The number of hydrogen-bond acceptors (Lipinski definition) is 6. The van der Waals surface area contributed by atoms with E-state index in [2.05, 4.69) is 20.6 Å². The van der Waals surface area contributed by atoms with Crippen LogP contribution in [0.4, 0.5) is 19.8 Å². The molecule has 9 nitrogen and oxygen atoms in total. The van der Waals surface area contributed by atoms with Crippen molar-refractivity contribution in [1.82, 2.24) is 20.2 Å². The molecular weight excluding hydrogens is 463 g/mol. The van der Waals surface area contributed by atoms with Crippen LogP contribution in [-0.2, 0) is 11.3 Å². The number of rotatable bonds is 9. The van der Waals surface area contributed by atoms with Crippen molar-refractivity contribution in [3.05, 3.63) is 65.2 Å². The summed E-state index contributed by atoms with van der Waals surface area (Å²) in [6.07, 6.45) is 3.66. The monoisotopic (exact) mass is 488 g/mol. The molecular formula is C23H26ClFN6O3. The molecule has 0 unspecified atom stereocenters. The highest BCUT2D eigenvalue weighted by atomic mass is 35.5. The van der Waals surface area contributed by atoms with E-state index in [9.17, 15) is 14.0 Å². The first-order valence-electron chi connectivity index (χ1n) is 10.7. The van der Waals surface area contributed by atoms with Gasteiger partial charge in [0.15, 0.2) is 0 Å². The van der Waals surface area contributed by atoms with E-state index >= 15 is 0 Å². The van der Waals surface area contributed by atoms with E-state index in [1.807, 2.05) is 6.07 Å². The minimum atomic E-state index is -0.700. The fraction of sp³-hybridized carbons (Fsp3) is 0.304. The van der Waals surface area contributed by atoms with E-state index in [0.717, 1.165) is 5.39 Å². The Hall–Kier alpha value is -3.50. The normalized spacial score (nSPS) is 11.6. The Morgan fingerprint density at radius 2 is 2.09 bits per heavy atom. The van der Waals surface area contributed by atoms with Gasteiger partial charge in [0.1, 0.15) is 18.2 Å². The molecule has 1 aromatic carbocycles. The summed E-state index contributed by atoms with van der Waals surface area (Å²) in [4.78, 5) is 34.7. The van der Waals surface area contributed by atoms with Gasteiger partial charge in [0.2, 0.25) is 0 Å². The lowest BCUT2D eigenvalue weighted by atomic mass is 10.1. The molecule has 0 aliphatic carbocycles. The van der Waals surface area contributed by atoms with Gasteiger partial charge in [-0.3, -0.25) is 10.3 Å². The van der Waals surface area contributed by atoms with Crippen molar-refractivity contribution in [2.24, 2.45) is 5.73 Å². The number of pyridine rings is 2. The maximum Gasteiger partial charge on any atom is 0.412 e. The van der Waals surface area contributed by atoms with Gasteiger partial charge in [-0.2, -0.15) is 0 Å². The number of anilines is 1. The number of fused-ring (bicyclic) bond motifs is 1. The summed E-state index contributed by atoms with van der Waals surface area (Å²) in [5.74, 6) is -0.235. The molecule has 2 heterocycles. The van der Waals surface area contributed by atoms with Gasteiger partial charge in [-0.15, -0.1) is 0 Å². The maximum absolute atomic E-state index is 13.6. The Kier molecular flexibility index (Phi) is 8.94. The summed E-state index contributed by atoms with van der Waals surface area (Å²) in [5.41, 5.74) is 6.78. The molecule has 0 bridgehead atoms. The second-order valence-corrected chi connectivity index (χ2v) is 7.93. The molecule has 34 heavy (non-hydrogen) atoms. The smallest absolute Gasteiger partial charge is 0.412 e. The number of nitrogens with zero attached hydrogens (tertiary/aromatic N) is 3. The van der Waals surface area contributed by atoms with Gasteiger partial charge in [-0.1, -0.05) is 29.8 Å². The lowest BCUT2D eigenvalue weighted by Crippen LogP contribution is -2.46. The Bertz CT molecular complexity index is 1150. The van der Waals surface area contributed by atoms with Crippen molar-refractivity contribution in [3.8, 4) is 0 Å². The number of amides is 3. The highest BCUT2D eigenvalue weighted by Crippen LogP contribution is 2.19. The zero-order chi connectivity index (χ0) is 24.5. The number of hydrogen-bond donors (Lipinski definition) is 3. The molecule has 0 spiro atoms. The molecule has 180 valence electrons. The largest absolute Gasteiger partial charge is 0.447 e. The van der Waals surface area contributed by atoms with Gasteiger partial charge in [0, 0.05) is 25.2 Å². The number of nitrogens with one attached hydrogen (secondary N) is 2. The summed E-state index contributed by atoms with van der Waals surface area (Å²) in [6.45, 7) is 0.422. The van der Waals surface area contributed by atoms with Crippen LogP contribution >= 0.6 is 11.6 Å². The van der Waals surface area contributed by atoms with Crippen molar-refractivity contribution in [3.63, 3.8) is 0 Å². The maximum atomic E-state index is 13.6. The van der Waals surface area contributed by atoms with Crippen LogP contribution in [0.15, 0.2) is 48.8 Å². The summed E-state index contributed by atoms with van der Waals surface area (Å²) >= 11 is 5.94. The van der Waals surface area contributed by atoms with Gasteiger partial charge in [-0.25, -0.2) is 19.0 Å². The van der Waals surface area contributed by atoms with Gasteiger partial charge >= 0.3 is 12.1 Å². The SMILES string of the molecule is CN(C(=O)NCc1cccc(F)c1Cl)[C@@H](CCCN)COC(=O)Nc1cc2cccnc2cn1. The number of likely N-dealkylation sites (N-methyl/N-ethyl adjacent to an activating group) is 1. The second-order valence-electron chi connectivity index (χ2n) is 7.56. The number of urea groups is 1. The Labute approximate surface area is 201 Å². The molecule has 0 saturated heterocycles. The number of ether oxygens (including phenoxy) is 1. The third-order valence-corrected chi connectivity index (χ3v) is 5.62. The van der Waals surface area contributed by atoms with Crippen LogP contribution < -0.4 is 16.4 Å². The average Bonchev–Trinajstić information content (AvgIpc) is 2.84. The third kappa shape index (κ3) is 6.75. The molecule has 4 N–H and O–H groups in total. The molecule has 3 rings (SSSR count). The predicted octanol–water partition coefficient (Wildman–Crippen LogP) is 3.92. The minimum Gasteiger partial charge on any atom is -0.447 e. The highest BCUT2D eigenvalue weighted by Gasteiger charge is 2.22. The predicted molar refractivity (Wildman–Crippen MR) is 128 cm³/mol. The quantitative estimate of drug-likeness (QED) is 0.419. The molecule has 0 aliphatic rings. The number of aromatic nitrogens is 2. The van der Waals surface area contributed by atoms with Gasteiger partial charge < -0.3 is 20.7 Å². The van der Waals surface area contributed by atoms with E-state index in [1.165, 1.54) is 17.0 Å². The first-order valence-corrected chi connectivity index (χ1v) is 11.0. The van der Waals surface area contributed by atoms with Crippen LogP contribution in [0.1, 0.15) is 18.4 Å². The van der Waals surface area contributed by atoms with Gasteiger partial charge in [-0.05, 0) is 43.1 Å². The first-order chi connectivity index (χ1) is 16.4. The summed E-state index contributed by atoms with van der Waals surface area (Å²) in [5, 5.41) is 6.06. The Morgan fingerprint density at radius 3 is 2.88 bits per heavy atom. The minimum absolute atomic E-state index is 0.0387. The van der Waals surface area contributed by atoms with Crippen LogP contribution in [0, 0.1) is 5.82 Å². The Morgan fingerprint density at radius 1 is 1.26 bits per heavy atom. The highest BCUT2D eigenvalue weighted by molar-refractivity contribution is 6.31. The van der Waals surface area contributed by atoms with Gasteiger partial charge in [0.05, 0.1) is 22.8 Å². The number of carbonyl (C=O) groups excluding carboxylic acids is 2. The van der Waals surface area contributed by atoms with Crippen molar-refractivity contribution in [1.29, 1.82) is 0 Å². The van der Waals surface area contributed by atoms with Crippen LogP contribution in [0.2, 0.25) is 5.02 Å². The fourth-order valence-electron chi connectivity index (χ4n) is 3.24. The summed E-state index contributed by atoms with van der Waals surface area (Å²) in [7, 11) is 1.59. The van der Waals surface area contributed by atoms with Crippen molar-refractivity contribution >= 4 is 40.4 Å². The first kappa shape index (κ1) is 25.1. The van der Waals surface area contributed by atoms with E-state index < -0.39 is 24.0 Å². The molecule has 1 atom stereocenters. The van der Waals surface area contributed by atoms with Crippen LogP contribution in [-0.4, -0.2) is 53.2 Å². The zero-order valence-electron chi connectivity index (χ0n) is 18.6. The molecule has 0 saturated carbocycles.